The second kappa shape index (κ2) is 7.57. The van der Waals surface area contributed by atoms with E-state index in [4.69, 9.17) is 11.6 Å². The molecule has 1 fully saturated rings. The van der Waals surface area contributed by atoms with Gasteiger partial charge in [-0.05, 0) is 48.4 Å². The maximum Gasteiger partial charge on any atom is 0.324 e. The van der Waals surface area contributed by atoms with Crippen LogP contribution < -0.4 is 10.2 Å². The van der Waals surface area contributed by atoms with Crippen LogP contribution in [-0.2, 0) is 6.54 Å². The molecule has 1 saturated heterocycles. The fourth-order valence-corrected chi connectivity index (χ4v) is 3.04. The van der Waals surface area contributed by atoms with Gasteiger partial charge >= 0.3 is 6.03 Å². The molecular formula is C19H20ClN3O2. The van der Waals surface area contributed by atoms with E-state index < -0.39 is 0 Å². The average molecular weight is 358 g/mol. The number of carbonyl (C=O) groups excluding carboxylic acids is 2. The number of nitrogens with zero attached hydrogens (tertiary/aromatic N) is 2. The second-order valence-electron chi connectivity index (χ2n) is 5.96. The molecule has 3 amide bonds. The largest absolute Gasteiger partial charge is 0.355 e. The van der Waals surface area contributed by atoms with Crippen molar-refractivity contribution in [2.24, 2.45) is 0 Å². The predicted molar refractivity (Wildman–Crippen MR) is 99.1 cm³/mol. The molecule has 5 nitrogen and oxygen atoms in total. The van der Waals surface area contributed by atoms with Gasteiger partial charge in [-0.1, -0.05) is 23.7 Å². The van der Waals surface area contributed by atoms with E-state index in [1.165, 1.54) is 0 Å². The first-order valence-corrected chi connectivity index (χ1v) is 8.59. The van der Waals surface area contributed by atoms with E-state index in [2.05, 4.69) is 5.32 Å². The first kappa shape index (κ1) is 17.3. The Balaban J connectivity index is 1.73. The Morgan fingerprint density at radius 2 is 1.76 bits per heavy atom. The molecule has 1 N–H and O–H groups in total. The zero-order valence-electron chi connectivity index (χ0n) is 14.0. The zero-order valence-corrected chi connectivity index (χ0v) is 14.8. The predicted octanol–water partition coefficient (Wildman–Crippen LogP) is 3.53. The highest BCUT2D eigenvalue weighted by Crippen LogP contribution is 2.22. The minimum atomic E-state index is -0.138. The number of benzene rings is 2. The van der Waals surface area contributed by atoms with E-state index in [1.54, 1.807) is 24.1 Å². The number of amides is 3. The van der Waals surface area contributed by atoms with Gasteiger partial charge in [0.15, 0.2) is 0 Å². The van der Waals surface area contributed by atoms with Gasteiger partial charge in [-0.2, -0.15) is 0 Å². The van der Waals surface area contributed by atoms with Crippen LogP contribution >= 0.6 is 11.6 Å². The molecule has 1 heterocycles. The number of halogens is 1. The molecule has 0 saturated carbocycles. The molecule has 25 heavy (non-hydrogen) atoms. The maximum atomic E-state index is 12.8. The first-order valence-electron chi connectivity index (χ1n) is 8.21. The summed E-state index contributed by atoms with van der Waals surface area (Å²) < 4.78 is 0. The van der Waals surface area contributed by atoms with E-state index in [0.717, 1.165) is 24.2 Å². The van der Waals surface area contributed by atoms with E-state index in [1.807, 2.05) is 41.3 Å². The van der Waals surface area contributed by atoms with Crippen LogP contribution in [0, 0.1) is 0 Å². The molecule has 0 radical (unpaired) electrons. The Bertz CT molecular complexity index is 759. The summed E-state index contributed by atoms with van der Waals surface area (Å²) >= 11 is 5.91. The van der Waals surface area contributed by atoms with Crippen molar-refractivity contribution in [1.82, 2.24) is 10.2 Å². The normalized spacial score (nSPS) is 14.6. The highest BCUT2D eigenvalue weighted by atomic mass is 35.5. The second-order valence-corrected chi connectivity index (χ2v) is 6.40. The van der Waals surface area contributed by atoms with Crippen LogP contribution in [0.2, 0.25) is 5.02 Å². The highest BCUT2D eigenvalue weighted by Gasteiger charge is 2.26. The van der Waals surface area contributed by atoms with Crippen molar-refractivity contribution >= 4 is 29.2 Å². The van der Waals surface area contributed by atoms with Crippen LogP contribution in [0.15, 0.2) is 48.5 Å². The van der Waals surface area contributed by atoms with Crippen LogP contribution in [0.4, 0.5) is 10.5 Å². The Hall–Kier alpha value is -2.53. The van der Waals surface area contributed by atoms with Crippen molar-refractivity contribution in [3.05, 3.63) is 64.7 Å². The summed E-state index contributed by atoms with van der Waals surface area (Å²) in [5.41, 5.74) is 2.43. The fourth-order valence-electron chi connectivity index (χ4n) is 2.92. The minimum absolute atomic E-state index is 0.0195. The molecule has 0 aliphatic carbocycles. The monoisotopic (exact) mass is 357 g/mol. The summed E-state index contributed by atoms with van der Waals surface area (Å²) in [4.78, 5) is 28.0. The smallest absolute Gasteiger partial charge is 0.324 e. The van der Waals surface area contributed by atoms with E-state index in [9.17, 15) is 9.59 Å². The highest BCUT2D eigenvalue weighted by molar-refractivity contribution is 6.30. The lowest BCUT2D eigenvalue weighted by Crippen LogP contribution is -2.49. The number of anilines is 1. The molecule has 2 aromatic rings. The maximum absolute atomic E-state index is 12.8. The Labute approximate surface area is 152 Å². The lowest BCUT2D eigenvalue weighted by atomic mass is 10.1. The summed E-state index contributed by atoms with van der Waals surface area (Å²) in [7, 11) is 1.60. The van der Waals surface area contributed by atoms with Crippen molar-refractivity contribution in [2.75, 3.05) is 25.0 Å². The van der Waals surface area contributed by atoms with Crippen molar-refractivity contribution in [3.63, 3.8) is 0 Å². The van der Waals surface area contributed by atoms with Gasteiger partial charge in [-0.15, -0.1) is 0 Å². The van der Waals surface area contributed by atoms with Gasteiger partial charge in [-0.3, -0.25) is 9.69 Å². The van der Waals surface area contributed by atoms with Crippen molar-refractivity contribution < 1.29 is 9.59 Å². The lowest BCUT2D eigenvalue weighted by Gasteiger charge is -2.35. The number of nitrogens with one attached hydrogen (secondary N) is 1. The van der Waals surface area contributed by atoms with E-state index >= 15 is 0 Å². The van der Waals surface area contributed by atoms with Gasteiger partial charge in [-0.25, -0.2) is 4.79 Å². The summed E-state index contributed by atoms with van der Waals surface area (Å²) in [5.74, 6) is -0.138. The molecule has 0 spiro atoms. The molecule has 130 valence electrons. The average Bonchev–Trinajstić information content (AvgIpc) is 2.65. The third-order valence-corrected chi connectivity index (χ3v) is 4.52. The molecule has 0 unspecified atom stereocenters. The molecule has 0 atom stereocenters. The van der Waals surface area contributed by atoms with Crippen molar-refractivity contribution in [1.29, 1.82) is 0 Å². The zero-order chi connectivity index (χ0) is 17.8. The molecule has 6 heteroatoms. The molecule has 1 aliphatic rings. The number of rotatable bonds is 4. The number of carbonyl (C=O) groups is 2. The van der Waals surface area contributed by atoms with Crippen LogP contribution in [-0.4, -0.2) is 37.0 Å². The molecular weight excluding hydrogens is 338 g/mol. The van der Waals surface area contributed by atoms with Gasteiger partial charge < -0.3 is 10.2 Å². The number of hydrogen-bond acceptors (Lipinski definition) is 2. The number of urea groups is 1. The Kier molecular flexibility index (Phi) is 5.24. The standard InChI is InChI=1S/C19H20ClN3O2/c1-21-18(24)15-5-9-17(10-6-15)23-12-2-11-22(19(23)25)13-14-3-7-16(20)8-4-14/h3-10H,2,11-13H2,1H3,(H,21,24). The molecule has 2 aromatic carbocycles. The number of hydrogen-bond donors (Lipinski definition) is 1. The quantitative estimate of drug-likeness (QED) is 0.910. The Morgan fingerprint density at radius 1 is 1.08 bits per heavy atom. The molecule has 0 bridgehead atoms. The molecule has 1 aliphatic heterocycles. The van der Waals surface area contributed by atoms with Gasteiger partial charge in [0.25, 0.3) is 5.91 Å². The molecule has 3 rings (SSSR count). The van der Waals surface area contributed by atoms with Crippen LogP contribution in [0.3, 0.4) is 0 Å². The van der Waals surface area contributed by atoms with Crippen molar-refractivity contribution in [2.45, 2.75) is 13.0 Å². The van der Waals surface area contributed by atoms with E-state index in [0.29, 0.717) is 23.7 Å². The topological polar surface area (TPSA) is 52.7 Å². The van der Waals surface area contributed by atoms with Crippen molar-refractivity contribution in [3.8, 4) is 0 Å². The Morgan fingerprint density at radius 3 is 2.40 bits per heavy atom. The third kappa shape index (κ3) is 3.94. The molecule has 0 aromatic heterocycles. The summed E-state index contributed by atoms with van der Waals surface area (Å²) in [6.45, 7) is 1.96. The SMILES string of the molecule is CNC(=O)c1ccc(N2CCCN(Cc3ccc(Cl)cc3)C2=O)cc1. The van der Waals surface area contributed by atoms with Crippen LogP contribution in [0.5, 0.6) is 0 Å². The fraction of sp³-hybridized carbons (Fsp3) is 0.263. The summed E-state index contributed by atoms with van der Waals surface area (Å²) in [5, 5.41) is 3.28. The van der Waals surface area contributed by atoms with Crippen LogP contribution in [0.1, 0.15) is 22.3 Å². The van der Waals surface area contributed by atoms with Gasteiger partial charge in [0.2, 0.25) is 0 Å². The van der Waals surface area contributed by atoms with Gasteiger partial charge in [0.1, 0.15) is 0 Å². The summed E-state index contributed by atoms with van der Waals surface area (Å²) in [6.07, 6.45) is 0.899. The van der Waals surface area contributed by atoms with Gasteiger partial charge in [0, 0.05) is 43.0 Å². The minimum Gasteiger partial charge on any atom is -0.355 e. The first-order chi connectivity index (χ1) is 12.1. The summed E-state index contributed by atoms with van der Waals surface area (Å²) in [6, 6.07) is 14.6. The van der Waals surface area contributed by atoms with Crippen LogP contribution in [0.25, 0.3) is 0 Å². The van der Waals surface area contributed by atoms with E-state index in [-0.39, 0.29) is 11.9 Å². The van der Waals surface area contributed by atoms with Gasteiger partial charge in [0.05, 0.1) is 0 Å². The lowest BCUT2D eigenvalue weighted by molar-refractivity contribution is 0.0963. The third-order valence-electron chi connectivity index (χ3n) is 4.27.